The summed E-state index contributed by atoms with van der Waals surface area (Å²) in [5.41, 5.74) is 2.02. The zero-order valence-corrected chi connectivity index (χ0v) is 16.0. The zero-order chi connectivity index (χ0) is 20.4. The third kappa shape index (κ3) is 3.59. The van der Waals surface area contributed by atoms with Gasteiger partial charge in [-0.1, -0.05) is 48.5 Å². The number of hydrogen-bond donors (Lipinski definition) is 2. The lowest BCUT2D eigenvalue weighted by atomic mass is 9.99. The molecule has 29 heavy (non-hydrogen) atoms. The summed E-state index contributed by atoms with van der Waals surface area (Å²) in [6.45, 7) is 0.472. The van der Waals surface area contributed by atoms with Crippen LogP contribution in [0.15, 0.2) is 72.4 Å². The Hall–Kier alpha value is -3.61. The molecule has 2 aromatic rings. The van der Waals surface area contributed by atoms with Crippen molar-refractivity contribution in [3.05, 3.63) is 78.0 Å². The molecule has 0 spiro atoms. The maximum Gasteiger partial charge on any atom is 0.329 e. The number of benzene rings is 2. The highest BCUT2D eigenvalue weighted by atomic mass is 16.2. The number of carbonyl (C=O) groups is 3. The van der Waals surface area contributed by atoms with Gasteiger partial charge in [0.05, 0.1) is 17.3 Å². The average Bonchev–Trinajstić information content (AvgIpc) is 3.06. The molecule has 0 aliphatic carbocycles. The van der Waals surface area contributed by atoms with E-state index in [0.717, 1.165) is 10.5 Å². The van der Waals surface area contributed by atoms with Crippen LogP contribution >= 0.6 is 0 Å². The van der Waals surface area contributed by atoms with E-state index in [0.29, 0.717) is 24.2 Å². The number of rotatable bonds is 5. The van der Waals surface area contributed by atoms with Gasteiger partial charge in [-0.3, -0.25) is 9.59 Å². The number of nitrogens with zero attached hydrogens (tertiary/aromatic N) is 2. The predicted octanol–water partition coefficient (Wildman–Crippen LogP) is 1.67. The fourth-order valence-corrected chi connectivity index (χ4v) is 3.78. The molecule has 2 aromatic carbocycles. The molecule has 2 unspecified atom stereocenters. The molecule has 2 heterocycles. The van der Waals surface area contributed by atoms with Gasteiger partial charge in [0.2, 0.25) is 0 Å². The molecule has 0 saturated carbocycles. The maximum absolute atomic E-state index is 13.1. The molecule has 2 N–H and O–H groups in total. The number of amides is 4. The first-order valence-electron chi connectivity index (χ1n) is 9.51. The van der Waals surface area contributed by atoms with Crippen LogP contribution in [0.1, 0.15) is 5.56 Å². The summed E-state index contributed by atoms with van der Waals surface area (Å²) in [6, 6.07) is 16.8. The third-order valence-corrected chi connectivity index (χ3v) is 5.21. The van der Waals surface area contributed by atoms with E-state index in [1.54, 1.807) is 42.4 Å². The largest absolute Gasteiger partial charge is 0.366 e. The molecule has 7 heteroatoms. The van der Waals surface area contributed by atoms with E-state index in [2.05, 4.69) is 10.6 Å². The average molecular weight is 390 g/mol. The zero-order valence-electron chi connectivity index (χ0n) is 16.0. The first-order valence-corrected chi connectivity index (χ1v) is 9.51. The molecule has 0 aromatic heterocycles. The van der Waals surface area contributed by atoms with E-state index in [1.165, 1.54) is 0 Å². The van der Waals surface area contributed by atoms with Crippen molar-refractivity contribution in [1.82, 2.24) is 15.5 Å². The topological polar surface area (TPSA) is 81.8 Å². The van der Waals surface area contributed by atoms with Crippen LogP contribution in [0.2, 0.25) is 0 Å². The van der Waals surface area contributed by atoms with E-state index < -0.39 is 18.1 Å². The second-order valence-electron chi connectivity index (χ2n) is 7.12. The number of carbonyl (C=O) groups excluding carboxylic acids is 3. The highest BCUT2D eigenvalue weighted by molar-refractivity contribution is 6.19. The smallest absolute Gasteiger partial charge is 0.329 e. The number of anilines is 1. The molecule has 2 atom stereocenters. The highest BCUT2D eigenvalue weighted by Gasteiger charge is 2.49. The number of hydrogen-bond acceptors (Lipinski definition) is 4. The molecule has 2 aliphatic rings. The van der Waals surface area contributed by atoms with Gasteiger partial charge in [-0.05, 0) is 24.1 Å². The monoisotopic (exact) mass is 390 g/mol. The minimum Gasteiger partial charge on any atom is -0.366 e. The van der Waals surface area contributed by atoms with Crippen molar-refractivity contribution in [2.75, 3.05) is 18.5 Å². The number of imide groups is 1. The number of fused-ring (bicyclic) bond motifs is 1. The van der Waals surface area contributed by atoms with E-state index in [9.17, 15) is 14.4 Å². The quantitative estimate of drug-likeness (QED) is 0.814. The van der Waals surface area contributed by atoms with Crippen LogP contribution in [0, 0.1) is 0 Å². The Morgan fingerprint density at radius 3 is 2.38 bits per heavy atom. The normalized spacial score (nSPS) is 20.8. The molecular formula is C22H22N4O3. The Labute approximate surface area is 169 Å². The maximum atomic E-state index is 13.1. The Kier molecular flexibility index (Phi) is 5.03. The standard InChI is InChI=1S/C22H22N4O3/c1-25-14-17(20(27)23-13-12-15-8-4-2-5-9-15)18-19(25)21(28)26(22(29)24-18)16-10-6-3-7-11-16/h2-11,14,18-19H,12-13H2,1H3,(H,23,27)(H,24,29). The highest BCUT2D eigenvalue weighted by Crippen LogP contribution is 2.29. The Balaban J connectivity index is 1.45. The summed E-state index contributed by atoms with van der Waals surface area (Å²) in [5, 5.41) is 5.71. The Bertz CT molecular complexity index is 959. The molecule has 7 nitrogen and oxygen atoms in total. The number of urea groups is 1. The Morgan fingerprint density at radius 2 is 1.69 bits per heavy atom. The van der Waals surface area contributed by atoms with Crippen LogP contribution < -0.4 is 15.5 Å². The van der Waals surface area contributed by atoms with Gasteiger partial charge in [0.1, 0.15) is 6.04 Å². The van der Waals surface area contributed by atoms with E-state index in [1.807, 2.05) is 36.4 Å². The van der Waals surface area contributed by atoms with Crippen molar-refractivity contribution >= 4 is 23.5 Å². The van der Waals surface area contributed by atoms with Crippen LogP contribution in [0.25, 0.3) is 0 Å². The van der Waals surface area contributed by atoms with Crippen LogP contribution in [0.5, 0.6) is 0 Å². The molecule has 4 rings (SSSR count). The Morgan fingerprint density at radius 1 is 1.03 bits per heavy atom. The van der Waals surface area contributed by atoms with Gasteiger partial charge in [-0.2, -0.15) is 0 Å². The molecule has 1 fully saturated rings. The van der Waals surface area contributed by atoms with Crippen molar-refractivity contribution in [1.29, 1.82) is 0 Å². The summed E-state index contributed by atoms with van der Waals surface area (Å²) < 4.78 is 0. The van der Waals surface area contributed by atoms with Crippen LogP contribution in [0.4, 0.5) is 10.5 Å². The molecule has 2 aliphatic heterocycles. The molecule has 1 saturated heterocycles. The summed E-state index contributed by atoms with van der Waals surface area (Å²) in [7, 11) is 1.74. The number of nitrogens with one attached hydrogen (secondary N) is 2. The van der Waals surface area contributed by atoms with Crippen molar-refractivity contribution in [2.45, 2.75) is 18.5 Å². The van der Waals surface area contributed by atoms with Gasteiger partial charge in [0, 0.05) is 19.8 Å². The van der Waals surface area contributed by atoms with Crippen molar-refractivity contribution in [2.24, 2.45) is 0 Å². The second kappa shape index (κ2) is 7.79. The van der Waals surface area contributed by atoms with Gasteiger partial charge < -0.3 is 15.5 Å². The van der Waals surface area contributed by atoms with Crippen LogP contribution in [-0.4, -0.2) is 48.4 Å². The summed E-state index contributed by atoms with van der Waals surface area (Å²) in [4.78, 5) is 41.2. The fourth-order valence-electron chi connectivity index (χ4n) is 3.78. The van der Waals surface area contributed by atoms with Crippen molar-refractivity contribution < 1.29 is 14.4 Å². The molecular weight excluding hydrogens is 368 g/mol. The van der Waals surface area contributed by atoms with Gasteiger partial charge in [-0.25, -0.2) is 9.69 Å². The van der Waals surface area contributed by atoms with Gasteiger partial charge in [0.15, 0.2) is 0 Å². The van der Waals surface area contributed by atoms with E-state index >= 15 is 0 Å². The second-order valence-corrected chi connectivity index (χ2v) is 7.12. The molecule has 0 radical (unpaired) electrons. The van der Waals surface area contributed by atoms with Crippen molar-refractivity contribution in [3.8, 4) is 0 Å². The predicted molar refractivity (Wildman–Crippen MR) is 109 cm³/mol. The third-order valence-electron chi connectivity index (χ3n) is 5.21. The molecule has 0 bridgehead atoms. The molecule has 148 valence electrons. The number of para-hydroxylation sites is 1. The summed E-state index contributed by atoms with van der Waals surface area (Å²) in [5.74, 6) is -0.627. The van der Waals surface area contributed by atoms with Gasteiger partial charge in [-0.15, -0.1) is 0 Å². The minimum atomic E-state index is -0.670. The lowest BCUT2D eigenvalue weighted by molar-refractivity contribution is -0.122. The first-order chi connectivity index (χ1) is 14.1. The van der Waals surface area contributed by atoms with Gasteiger partial charge in [0.25, 0.3) is 11.8 Å². The summed E-state index contributed by atoms with van der Waals surface area (Å²) >= 11 is 0. The van der Waals surface area contributed by atoms with Gasteiger partial charge >= 0.3 is 6.03 Å². The fraction of sp³-hybridized carbons (Fsp3) is 0.227. The lowest BCUT2D eigenvalue weighted by Crippen LogP contribution is -2.65. The lowest BCUT2D eigenvalue weighted by Gasteiger charge is -2.37. The molecule has 4 amide bonds. The minimum absolute atomic E-state index is 0.276. The van der Waals surface area contributed by atoms with Crippen LogP contribution in [-0.2, 0) is 16.0 Å². The van der Waals surface area contributed by atoms with E-state index in [4.69, 9.17) is 0 Å². The van der Waals surface area contributed by atoms with Crippen molar-refractivity contribution in [3.63, 3.8) is 0 Å². The number of likely N-dealkylation sites (N-methyl/N-ethyl adjacent to an activating group) is 1. The SMILES string of the molecule is CN1C=C(C(=O)NCCc2ccccc2)C2NC(=O)N(c3ccccc3)C(=O)C21. The van der Waals surface area contributed by atoms with E-state index in [-0.39, 0.29) is 11.8 Å². The summed E-state index contributed by atoms with van der Waals surface area (Å²) in [6.07, 6.45) is 2.34. The first kappa shape index (κ1) is 18.7. The van der Waals surface area contributed by atoms with Crippen LogP contribution in [0.3, 0.4) is 0 Å².